The van der Waals surface area contributed by atoms with E-state index in [1.54, 1.807) is 6.92 Å². The minimum Gasteiger partial charge on any atom is -0.345 e. The van der Waals surface area contributed by atoms with Crippen molar-refractivity contribution in [3.8, 4) is 0 Å². The zero-order chi connectivity index (χ0) is 12.8. The highest BCUT2D eigenvalue weighted by Crippen LogP contribution is 2.33. The highest BCUT2D eigenvalue weighted by molar-refractivity contribution is 7.80. The van der Waals surface area contributed by atoms with Crippen molar-refractivity contribution < 1.29 is 9.18 Å². The SMILES string of the molecule is CC1(c2cc(F)c(Cl)cc2Cl)NC(=S)NC1=O. The Morgan fingerprint density at radius 1 is 1.35 bits per heavy atom. The van der Waals surface area contributed by atoms with Gasteiger partial charge in [-0.15, -0.1) is 0 Å². The first-order chi connectivity index (χ1) is 7.84. The van der Waals surface area contributed by atoms with Crippen molar-refractivity contribution in [1.29, 1.82) is 0 Å². The number of benzene rings is 1. The molecule has 1 aromatic rings. The van der Waals surface area contributed by atoms with Crippen LogP contribution in [-0.2, 0) is 10.3 Å². The van der Waals surface area contributed by atoms with E-state index < -0.39 is 11.4 Å². The van der Waals surface area contributed by atoms with Crippen molar-refractivity contribution in [3.05, 3.63) is 33.6 Å². The molecule has 1 amide bonds. The molecule has 1 aliphatic heterocycles. The van der Waals surface area contributed by atoms with Crippen LogP contribution in [0.25, 0.3) is 0 Å². The molecule has 1 saturated heterocycles. The van der Waals surface area contributed by atoms with Gasteiger partial charge in [0.05, 0.1) is 5.02 Å². The van der Waals surface area contributed by atoms with Crippen LogP contribution in [0.15, 0.2) is 12.1 Å². The van der Waals surface area contributed by atoms with Crippen LogP contribution in [0.2, 0.25) is 10.0 Å². The van der Waals surface area contributed by atoms with Crippen molar-refractivity contribution in [2.75, 3.05) is 0 Å². The molecule has 0 radical (unpaired) electrons. The number of carbonyl (C=O) groups is 1. The molecule has 1 aliphatic rings. The molecule has 1 heterocycles. The summed E-state index contributed by atoms with van der Waals surface area (Å²) in [5.41, 5.74) is -0.891. The highest BCUT2D eigenvalue weighted by atomic mass is 35.5. The largest absolute Gasteiger partial charge is 0.345 e. The summed E-state index contributed by atoms with van der Waals surface area (Å²) < 4.78 is 13.4. The lowest BCUT2D eigenvalue weighted by molar-refractivity contribution is -0.123. The first-order valence-corrected chi connectivity index (χ1v) is 5.79. The number of carbonyl (C=O) groups excluding carboxylic acids is 1. The third-order valence-corrected chi connectivity index (χ3v) is 3.40. The summed E-state index contributed by atoms with van der Waals surface area (Å²) in [6, 6.07) is 2.39. The van der Waals surface area contributed by atoms with Gasteiger partial charge in [-0.2, -0.15) is 0 Å². The minimum absolute atomic E-state index is 0.0941. The van der Waals surface area contributed by atoms with E-state index >= 15 is 0 Å². The van der Waals surface area contributed by atoms with Crippen LogP contribution >= 0.6 is 35.4 Å². The van der Waals surface area contributed by atoms with Gasteiger partial charge in [0, 0.05) is 10.6 Å². The Morgan fingerprint density at radius 3 is 2.53 bits per heavy atom. The van der Waals surface area contributed by atoms with Gasteiger partial charge >= 0.3 is 0 Å². The molecule has 0 saturated carbocycles. The Bertz CT molecular complexity index is 537. The van der Waals surface area contributed by atoms with E-state index in [2.05, 4.69) is 10.6 Å². The fourth-order valence-corrected chi connectivity index (χ4v) is 2.51. The van der Waals surface area contributed by atoms with E-state index in [0.717, 1.165) is 6.07 Å². The van der Waals surface area contributed by atoms with Gasteiger partial charge in [0.25, 0.3) is 5.91 Å². The van der Waals surface area contributed by atoms with Crippen LogP contribution in [0.5, 0.6) is 0 Å². The zero-order valence-electron chi connectivity index (χ0n) is 8.61. The van der Waals surface area contributed by atoms with Gasteiger partial charge in [-0.1, -0.05) is 23.2 Å². The Hall–Kier alpha value is -0.910. The van der Waals surface area contributed by atoms with Crippen LogP contribution in [0, 0.1) is 5.82 Å². The standard InChI is InChI=1S/C10H7Cl2FN2OS/c1-10(8(16)14-9(17)15-10)4-2-7(13)6(12)3-5(4)11/h2-3H,1H3,(H2,14,15,16,17). The first kappa shape index (κ1) is 12.5. The maximum atomic E-state index is 13.4. The number of rotatable bonds is 1. The van der Waals surface area contributed by atoms with Crippen LogP contribution < -0.4 is 10.6 Å². The number of hydrogen-bond donors (Lipinski definition) is 2. The molecule has 7 heteroatoms. The topological polar surface area (TPSA) is 41.1 Å². The third-order valence-electron chi connectivity index (χ3n) is 2.59. The normalized spacial score (nSPS) is 23.5. The molecule has 1 fully saturated rings. The summed E-state index contributed by atoms with van der Waals surface area (Å²) in [4.78, 5) is 11.8. The summed E-state index contributed by atoms with van der Waals surface area (Å²) >= 11 is 16.4. The molecule has 2 rings (SSSR count). The van der Waals surface area contributed by atoms with Crippen molar-refractivity contribution in [2.24, 2.45) is 0 Å². The molecule has 0 bridgehead atoms. The average Bonchev–Trinajstić information content (AvgIpc) is 2.47. The second kappa shape index (κ2) is 4.08. The van der Waals surface area contributed by atoms with Gasteiger partial charge in [-0.3, -0.25) is 4.79 Å². The van der Waals surface area contributed by atoms with E-state index in [4.69, 9.17) is 35.4 Å². The Kier molecular flexibility index (Phi) is 3.01. The van der Waals surface area contributed by atoms with Gasteiger partial charge in [-0.25, -0.2) is 4.39 Å². The van der Waals surface area contributed by atoms with Gasteiger partial charge in [-0.05, 0) is 31.3 Å². The smallest absolute Gasteiger partial charge is 0.256 e. The van der Waals surface area contributed by atoms with Crippen molar-refractivity contribution in [2.45, 2.75) is 12.5 Å². The molecule has 1 atom stereocenters. The average molecular weight is 293 g/mol. The predicted molar refractivity (Wildman–Crippen MR) is 67.6 cm³/mol. The number of halogens is 3. The van der Waals surface area contributed by atoms with E-state index in [9.17, 15) is 9.18 Å². The van der Waals surface area contributed by atoms with Crippen LogP contribution in [0.1, 0.15) is 12.5 Å². The Labute approximate surface area is 112 Å². The third kappa shape index (κ3) is 1.99. The monoisotopic (exact) mass is 292 g/mol. The summed E-state index contributed by atoms with van der Waals surface area (Å²) in [6.07, 6.45) is 0. The summed E-state index contributed by atoms with van der Waals surface area (Å²) in [7, 11) is 0. The molecular formula is C10H7Cl2FN2OS. The van der Waals surface area contributed by atoms with Crippen molar-refractivity contribution in [1.82, 2.24) is 10.6 Å². The summed E-state index contributed by atoms with van der Waals surface area (Å²) in [6.45, 7) is 1.57. The van der Waals surface area contributed by atoms with Gasteiger partial charge in [0.1, 0.15) is 11.4 Å². The molecule has 0 spiro atoms. The maximum absolute atomic E-state index is 13.4. The molecule has 3 nitrogen and oxygen atoms in total. The van der Waals surface area contributed by atoms with Crippen LogP contribution in [0.4, 0.5) is 4.39 Å². The van der Waals surface area contributed by atoms with Gasteiger partial charge in [0.15, 0.2) is 5.11 Å². The Balaban J connectivity index is 2.58. The van der Waals surface area contributed by atoms with E-state index in [1.807, 2.05) is 0 Å². The second-order valence-electron chi connectivity index (χ2n) is 3.78. The number of thiocarbonyl (C=S) groups is 1. The molecule has 0 aliphatic carbocycles. The second-order valence-corrected chi connectivity index (χ2v) is 5.00. The van der Waals surface area contributed by atoms with E-state index in [-0.39, 0.29) is 21.1 Å². The predicted octanol–water partition coefficient (Wildman–Crippen LogP) is 2.35. The highest BCUT2D eigenvalue weighted by Gasteiger charge is 2.43. The fourth-order valence-electron chi connectivity index (χ4n) is 1.64. The molecule has 1 aromatic carbocycles. The molecule has 0 aromatic heterocycles. The lowest BCUT2D eigenvalue weighted by Gasteiger charge is -2.23. The molecular weight excluding hydrogens is 286 g/mol. The van der Waals surface area contributed by atoms with Crippen molar-refractivity contribution in [3.63, 3.8) is 0 Å². The minimum atomic E-state index is -1.18. The van der Waals surface area contributed by atoms with E-state index in [1.165, 1.54) is 6.07 Å². The van der Waals surface area contributed by atoms with Gasteiger partial charge < -0.3 is 10.6 Å². The quantitative estimate of drug-likeness (QED) is 0.617. The van der Waals surface area contributed by atoms with Crippen molar-refractivity contribution >= 4 is 46.4 Å². The number of amides is 1. The summed E-state index contributed by atoms with van der Waals surface area (Å²) in [5.74, 6) is -1.02. The lowest BCUT2D eigenvalue weighted by atomic mass is 9.92. The van der Waals surface area contributed by atoms with Gasteiger partial charge in [0.2, 0.25) is 0 Å². The fraction of sp³-hybridized carbons (Fsp3) is 0.200. The van der Waals surface area contributed by atoms with Crippen LogP contribution in [0.3, 0.4) is 0 Å². The molecule has 17 heavy (non-hydrogen) atoms. The number of nitrogens with one attached hydrogen (secondary N) is 2. The Morgan fingerprint density at radius 2 is 2.00 bits per heavy atom. The van der Waals surface area contributed by atoms with E-state index in [0.29, 0.717) is 5.56 Å². The molecule has 2 N–H and O–H groups in total. The zero-order valence-corrected chi connectivity index (χ0v) is 10.9. The number of hydrogen-bond acceptors (Lipinski definition) is 2. The van der Waals surface area contributed by atoms with Crippen LogP contribution in [-0.4, -0.2) is 11.0 Å². The molecule has 90 valence electrons. The lowest BCUT2D eigenvalue weighted by Crippen LogP contribution is -2.40. The maximum Gasteiger partial charge on any atom is 0.256 e. The first-order valence-electron chi connectivity index (χ1n) is 4.63. The summed E-state index contributed by atoms with van der Waals surface area (Å²) in [5, 5.41) is 5.49. The molecule has 1 unspecified atom stereocenters.